The molecule has 0 unspecified atom stereocenters. The van der Waals surface area contributed by atoms with Crippen LogP contribution in [0.2, 0.25) is 0 Å². The molecule has 7 nitrogen and oxygen atoms in total. The predicted octanol–water partition coefficient (Wildman–Crippen LogP) is 3.75. The minimum atomic E-state index is -0.923. The lowest BCUT2D eigenvalue weighted by Crippen LogP contribution is -2.15. The first-order valence-electron chi connectivity index (χ1n) is 7.34. The monoisotopic (exact) mass is 299 g/mol. The quantitative estimate of drug-likeness (QED) is 0.857. The number of carboxylic acids is 1. The molecule has 7 heteroatoms. The largest absolute Gasteiger partial charge is 0.478 e. The molecule has 2 aliphatic rings. The highest BCUT2D eigenvalue weighted by molar-refractivity contribution is 6.15. The van der Waals surface area contributed by atoms with Gasteiger partial charge in [-0.2, -0.15) is 0 Å². The normalized spacial score (nSPS) is 20.7. The second-order valence-electron chi connectivity index (χ2n) is 5.76. The topological polar surface area (TPSA) is 99.6 Å². The molecule has 0 saturated heterocycles. The third-order valence-corrected chi connectivity index (χ3v) is 4.11. The maximum Gasteiger partial charge on any atom is 0.336 e. The molecule has 3 rings (SSSR count). The Morgan fingerprint density at radius 1 is 1.27 bits per heavy atom. The van der Waals surface area contributed by atoms with Crippen molar-refractivity contribution in [2.75, 3.05) is 0 Å². The minimum absolute atomic E-state index is 0.311. The SMILES string of the molecule is CC1(c2ccc(/C(=C\C3CCCC3)C(=O)O)cn2)N=NN=N1. The highest BCUT2D eigenvalue weighted by Crippen LogP contribution is 2.32. The maximum atomic E-state index is 11.5. The summed E-state index contributed by atoms with van der Waals surface area (Å²) in [6.45, 7) is 1.75. The summed E-state index contributed by atoms with van der Waals surface area (Å²) in [6, 6.07) is 3.47. The van der Waals surface area contributed by atoms with Gasteiger partial charge in [0.05, 0.1) is 11.3 Å². The molecule has 1 aromatic heterocycles. The van der Waals surface area contributed by atoms with Gasteiger partial charge in [-0.3, -0.25) is 4.98 Å². The van der Waals surface area contributed by atoms with Gasteiger partial charge in [0.1, 0.15) is 0 Å². The van der Waals surface area contributed by atoms with E-state index in [4.69, 9.17) is 0 Å². The van der Waals surface area contributed by atoms with E-state index in [-0.39, 0.29) is 0 Å². The molecule has 1 aliphatic carbocycles. The molecule has 2 heterocycles. The highest BCUT2D eigenvalue weighted by atomic mass is 16.4. The summed E-state index contributed by atoms with van der Waals surface area (Å²) >= 11 is 0. The van der Waals surface area contributed by atoms with Crippen molar-refractivity contribution in [3.05, 3.63) is 35.7 Å². The molecule has 1 aromatic rings. The highest BCUT2D eigenvalue weighted by Gasteiger charge is 2.31. The Kier molecular flexibility index (Phi) is 3.79. The Labute approximate surface area is 127 Å². The Bertz CT molecular complexity index is 645. The number of hydrogen-bond acceptors (Lipinski definition) is 6. The van der Waals surface area contributed by atoms with Gasteiger partial charge in [0.25, 0.3) is 0 Å². The van der Waals surface area contributed by atoms with E-state index < -0.39 is 11.6 Å². The number of carbonyl (C=O) groups is 1. The second kappa shape index (κ2) is 5.75. The number of pyridine rings is 1. The molecule has 1 N–H and O–H groups in total. The smallest absolute Gasteiger partial charge is 0.336 e. The maximum absolute atomic E-state index is 11.5. The van der Waals surface area contributed by atoms with Gasteiger partial charge in [-0.15, -0.1) is 10.2 Å². The van der Waals surface area contributed by atoms with Gasteiger partial charge >= 0.3 is 5.97 Å². The van der Waals surface area contributed by atoms with E-state index >= 15 is 0 Å². The van der Waals surface area contributed by atoms with Crippen molar-refractivity contribution in [3.63, 3.8) is 0 Å². The molecule has 114 valence electrons. The van der Waals surface area contributed by atoms with Crippen molar-refractivity contribution in [3.8, 4) is 0 Å². The molecule has 0 radical (unpaired) electrons. The fourth-order valence-corrected chi connectivity index (χ4v) is 2.82. The van der Waals surface area contributed by atoms with Crippen molar-refractivity contribution in [2.24, 2.45) is 26.6 Å². The van der Waals surface area contributed by atoms with Crippen LogP contribution < -0.4 is 0 Å². The summed E-state index contributed by atoms with van der Waals surface area (Å²) in [5, 5.41) is 24.3. The first-order valence-corrected chi connectivity index (χ1v) is 7.34. The van der Waals surface area contributed by atoms with Crippen LogP contribution in [0.25, 0.3) is 5.57 Å². The van der Waals surface area contributed by atoms with E-state index in [2.05, 4.69) is 25.7 Å². The summed E-state index contributed by atoms with van der Waals surface area (Å²) in [4.78, 5) is 15.8. The molecule has 1 fully saturated rings. The number of aromatic nitrogens is 1. The van der Waals surface area contributed by atoms with Crippen molar-refractivity contribution in [1.29, 1.82) is 0 Å². The van der Waals surface area contributed by atoms with Crippen LogP contribution in [0.3, 0.4) is 0 Å². The third-order valence-electron chi connectivity index (χ3n) is 4.11. The summed E-state index contributed by atoms with van der Waals surface area (Å²) in [6.07, 6.45) is 7.86. The van der Waals surface area contributed by atoms with Crippen LogP contribution in [0.4, 0.5) is 0 Å². The molecule has 0 amide bonds. The summed E-state index contributed by atoms with van der Waals surface area (Å²) in [7, 11) is 0. The zero-order chi connectivity index (χ0) is 15.6. The van der Waals surface area contributed by atoms with Gasteiger partial charge in [-0.05, 0) is 42.2 Å². The number of rotatable bonds is 4. The number of allylic oxidation sites excluding steroid dienone is 1. The van der Waals surface area contributed by atoms with Gasteiger partial charge in [0.2, 0.25) is 5.66 Å². The summed E-state index contributed by atoms with van der Waals surface area (Å²) < 4.78 is 0. The molecule has 0 atom stereocenters. The number of aliphatic carboxylic acids is 1. The van der Waals surface area contributed by atoms with Crippen LogP contribution >= 0.6 is 0 Å². The molecule has 22 heavy (non-hydrogen) atoms. The molecule has 0 bridgehead atoms. The van der Waals surface area contributed by atoms with E-state index in [1.165, 1.54) is 12.8 Å². The van der Waals surface area contributed by atoms with Crippen molar-refractivity contribution in [2.45, 2.75) is 38.3 Å². The third kappa shape index (κ3) is 2.79. The van der Waals surface area contributed by atoms with E-state index in [9.17, 15) is 9.90 Å². The van der Waals surface area contributed by atoms with Gasteiger partial charge in [0.15, 0.2) is 0 Å². The number of carboxylic acid groups (broad SMARTS) is 1. The summed E-state index contributed by atoms with van der Waals surface area (Å²) in [5.74, 6) is -0.575. The van der Waals surface area contributed by atoms with Crippen LogP contribution in [-0.2, 0) is 10.5 Å². The van der Waals surface area contributed by atoms with E-state index in [0.29, 0.717) is 22.7 Å². The molecular weight excluding hydrogens is 282 g/mol. The molecule has 1 saturated carbocycles. The zero-order valence-corrected chi connectivity index (χ0v) is 12.3. The Balaban J connectivity index is 1.88. The predicted molar refractivity (Wildman–Crippen MR) is 78.9 cm³/mol. The Hall–Kier alpha value is -2.44. The number of nitrogens with zero attached hydrogens (tertiary/aromatic N) is 5. The zero-order valence-electron chi connectivity index (χ0n) is 12.3. The van der Waals surface area contributed by atoms with Crippen molar-refractivity contribution < 1.29 is 9.90 Å². The molecule has 0 spiro atoms. The molecular formula is C15H17N5O2. The lowest BCUT2D eigenvalue weighted by Gasteiger charge is -2.13. The van der Waals surface area contributed by atoms with Gasteiger partial charge in [-0.1, -0.05) is 25.0 Å². The van der Waals surface area contributed by atoms with E-state index in [0.717, 1.165) is 12.8 Å². The van der Waals surface area contributed by atoms with Crippen LogP contribution in [0.15, 0.2) is 45.1 Å². The lowest BCUT2D eigenvalue weighted by atomic mass is 9.99. The Morgan fingerprint density at radius 3 is 2.50 bits per heavy atom. The van der Waals surface area contributed by atoms with Crippen molar-refractivity contribution in [1.82, 2.24) is 4.98 Å². The fraction of sp³-hybridized carbons (Fsp3) is 0.467. The van der Waals surface area contributed by atoms with Crippen LogP contribution in [0, 0.1) is 5.92 Å². The van der Waals surface area contributed by atoms with Gasteiger partial charge in [-0.25, -0.2) is 4.79 Å². The first-order chi connectivity index (χ1) is 10.6. The van der Waals surface area contributed by atoms with E-state index in [1.54, 1.807) is 25.3 Å². The molecule has 0 aromatic carbocycles. The van der Waals surface area contributed by atoms with Crippen molar-refractivity contribution >= 4 is 11.5 Å². The van der Waals surface area contributed by atoms with Gasteiger partial charge < -0.3 is 5.11 Å². The fourth-order valence-electron chi connectivity index (χ4n) is 2.82. The lowest BCUT2D eigenvalue weighted by molar-refractivity contribution is -0.130. The first kappa shape index (κ1) is 14.5. The standard InChI is InChI=1S/C15H17N5O2/c1-15(17-19-20-18-15)13-7-6-11(9-16-13)12(14(21)22)8-10-4-2-3-5-10/h6-10H,2-5H2,1H3,(H,21,22)/b12-8+. The average molecular weight is 299 g/mol. The summed E-state index contributed by atoms with van der Waals surface area (Å²) in [5.41, 5.74) is 0.591. The van der Waals surface area contributed by atoms with Gasteiger partial charge in [0, 0.05) is 11.8 Å². The van der Waals surface area contributed by atoms with Crippen LogP contribution in [-0.4, -0.2) is 16.1 Å². The average Bonchev–Trinajstić information content (AvgIpc) is 3.17. The number of hydrogen-bond donors (Lipinski definition) is 1. The van der Waals surface area contributed by atoms with E-state index in [1.807, 2.05) is 6.08 Å². The molecule has 1 aliphatic heterocycles. The van der Waals surface area contributed by atoms with Crippen LogP contribution in [0.1, 0.15) is 43.9 Å². The second-order valence-corrected chi connectivity index (χ2v) is 5.76. The minimum Gasteiger partial charge on any atom is -0.478 e. The van der Waals surface area contributed by atoms with Crippen LogP contribution in [0.5, 0.6) is 0 Å². The Morgan fingerprint density at radius 2 is 1.95 bits per heavy atom.